The summed E-state index contributed by atoms with van der Waals surface area (Å²) in [5, 5.41) is 4.49. The topological polar surface area (TPSA) is 19.6 Å². The summed E-state index contributed by atoms with van der Waals surface area (Å²) in [6, 6.07) is 77.4. The Labute approximate surface area is 320 Å². The van der Waals surface area contributed by atoms with Gasteiger partial charge in [-0.3, -0.25) is 0 Å². The Bertz CT molecular complexity index is 2920. The van der Waals surface area contributed by atoms with E-state index in [0.29, 0.717) is 0 Å². The van der Waals surface area contributed by atoms with Gasteiger partial charge >= 0.3 is 0 Å². The maximum atomic E-state index is 6.96. The minimum Gasteiger partial charge on any atom is -0.456 e. The molecular weight excluding hydrogens is 669 g/mol. The van der Waals surface area contributed by atoms with Crippen LogP contribution in [-0.4, -0.2) is 0 Å². The predicted octanol–water partition coefficient (Wildman–Crippen LogP) is 15.0. The van der Waals surface area contributed by atoms with Crippen molar-refractivity contribution in [1.29, 1.82) is 0 Å². The van der Waals surface area contributed by atoms with E-state index < -0.39 is 0 Å². The number of fused-ring (bicyclic) bond motifs is 5. The molecule has 0 spiro atoms. The number of hydrogen-bond acceptors (Lipinski definition) is 3. The van der Waals surface area contributed by atoms with E-state index in [1.807, 2.05) is 0 Å². The third kappa shape index (κ3) is 5.80. The fourth-order valence-electron chi connectivity index (χ4n) is 7.99. The number of para-hydroxylation sites is 4. The van der Waals surface area contributed by atoms with Gasteiger partial charge in [0.15, 0.2) is 0 Å². The SMILES string of the molecule is c1ccc(-c2ccccc2N(c2ccccc2)c2cc(N(c3ccccc3)c3ccccc3-c3ccccc3)c3c(c2)oc2ccc4ccccc4c23)cc1. The second-order valence-electron chi connectivity index (χ2n) is 13.7. The fraction of sp³-hybridized carbons (Fsp3) is 0. The number of benzene rings is 9. The molecule has 260 valence electrons. The van der Waals surface area contributed by atoms with Gasteiger partial charge in [-0.15, -0.1) is 0 Å². The van der Waals surface area contributed by atoms with Crippen molar-refractivity contribution >= 4 is 66.8 Å². The lowest BCUT2D eigenvalue weighted by atomic mass is 9.98. The molecule has 3 nitrogen and oxygen atoms in total. The van der Waals surface area contributed by atoms with Gasteiger partial charge in [-0.2, -0.15) is 0 Å². The molecule has 0 atom stereocenters. The molecule has 0 aliphatic heterocycles. The van der Waals surface area contributed by atoms with Crippen LogP contribution >= 0.6 is 0 Å². The number of anilines is 6. The van der Waals surface area contributed by atoms with Crippen LogP contribution in [0.5, 0.6) is 0 Å². The van der Waals surface area contributed by atoms with Gasteiger partial charge in [0.25, 0.3) is 0 Å². The molecule has 9 aromatic carbocycles. The van der Waals surface area contributed by atoms with Crippen molar-refractivity contribution in [2.75, 3.05) is 9.80 Å². The third-order valence-electron chi connectivity index (χ3n) is 10.4. The zero-order chi connectivity index (χ0) is 36.6. The number of hydrogen-bond donors (Lipinski definition) is 0. The van der Waals surface area contributed by atoms with Crippen molar-refractivity contribution in [2.45, 2.75) is 0 Å². The lowest BCUT2D eigenvalue weighted by Gasteiger charge is -2.32. The van der Waals surface area contributed by atoms with Gasteiger partial charge < -0.3 is 14.2 Å². The summed E-state index contributed by atoms with van der Waals surface area (Å²) < 4.78 is 6.96. The average molecular weight is 705 g/mol. The first kappa shape index (κ1) is 32.3. The second-order valence-corrected chi connectivity index (χ2v) is 13.7. The molecule has 0 fully saturated rings. The highest BCUT2D eigenvalue weighted by Gasteiger charge is 2.26. The first-order chi connectivity index (χ1) is 27.3. The zero-order valence-corrected chi connectivity index (χ0v) is 30.1. The summed E-state index contributed by atoms with van der Waals surface area (Å²) in [6.45, 7) is 0. The number of nitrogens with zero attached hydrogens (tertiary/aromatic N) is 2. The Kier molecular flexibility index (Phi) is 8.16. The molecule has 0 bridgehead atoms. The van der Waals surface area contributed by atoms with Gasteiger partial charge in [0.05, 0.1) is 28.1 Å². The van der Waals surface area contributed by atoms with Crippen molar-refractivity contribution in [3.05, 3.63) is 218 Å². The Balaban J connectivity index is 1.34. The van der Waals surface area contributed by atoms with Crippen molar-refractivity contribution < 1.29 is 4.42 Å². The van der Waals surface area contributed by atoms with Crippen molar-refractivity contribution in [1.82, 2.24) is 0 Å². The zero-order valence-electron chi connectivity index (χ0n) is 30.1. The number of furan rings is 1. The molecule has 3 heteroatoms. The molecule has 0 aliphatic rings. The standard InChI is InChI=1S/C52H36N2O/c1-5-19-37(20-6-1)43-28-15-17-31-46(43)53(40-24-9-3-10-25-40)42-35-48(52-50(36-42)55-49-34-33-39-23-13-14-30-45(39)51(49)52)54(41-26-11-4-12-27-41)47-32-18-16-29-44(47)38-21-7-2-8-22-38/h1-36H. The van der Waals surface area contributed by atoms with Crippen LogP contribution in [0.15, 0.2) is 223 Å². The summed E-state index contributed by atoms with van der Waals surface area (Å²) in [4.78, 5) is 4.78. The largest absolute Gasteiger partial charge is 0.456 e. The van der Waals surface area contributed by atoms with Crippen molar-refractivity contribution in [2.24, 2.45) is 0 Å². The summed E-state index contributed by atoms with van der Waals surface area (Å²) in [6.07, 6.45) is 0. The summed E-state index contributed by atoms with van der Waals surface area (Å²) in [5.74, 6) is 0. The van der Waals surface area contributed by atoms with E-state index in [2.05, 4.69) is 228 Å². The molecule has 0 aliphatic carbocycles. The van der Waals surface area contributed by atoms with Crippen LogP contribution in [0.4, 0.5) is 34.1 Å². The molecule has 0 amide bonds. The lowest BCUT2D eigenvalue weighted by molar-refractivity contribution is 0.669. The third-order valence-corrected chi connectivity index (χ3v) is 10.4. The van der Waals surface area contributed by atoms with Gasteiger partial charge in [0.2, 0.25) is 0 Å². The molecule has 0 unspecified atom stereocenters. The normalized spacial score (nSPS) is 11.3. The molecule has 0 radical (unpaired) electrons. The van der Waals surface area contributed by atoms with Crippen molar-refractivity contribution in [3.8, 4) is 22.3 Å². The van der Waals surface area contributed by atoms with E-state index in [1.54, 1.807) is 0 Å². The quantitative estimate of drug-likeness (QED) is 0.157. The van der Waals surface area contributed by atoms with Gasteiger partial charge in [0.1, 0.15) is 11.2 Å². The highest BCUT2D eigenvalue weighted by Crippen LogP contribution is 2.51. The highest BCUT2D eigenvalue weighted by molar-refractivity contribution is 6.24. The molecule has 55 heavy (non-hydrogen) atoms. The minimum atomic E-state index is 0.815. The van der Waals surface area contributed by atoms with E-state index >= 15 is 0 Å². The first-order valence-corrected chi connectivity index (χ1v) is 18.7. The molecule has 10 rings (SSSR count). The molecule has 0 saturated carbocycles. The monoisotopic (exact) mass is 704 g/mol. The summed E-state index contributed by atoms with van der Waals surface area (Å²) in [7, 11) is 0. The Morgan fingerprint density at radius 2 is 0.800 bits per heavy atom. The van der Waals surface area contributed by atoms with Gasteiger partial charge in [-0.25, -0.2) is 0 Å². The van der Waals surface area contributed by atoms with E-state index in [-0.39, 0.29) is 0 Å². The Hall–Kier alpha value is -7.36. The average Bonchev–Trinajstić information content (AvgIpc) is 3.65. The minimum absolute atomic E-state index is 0.815. The molecule has 0 saturated heterocycles. The smallest absolute Gasteiger partial charge is 0.139 e. The van der Waals surface area contributed by atoms with Crippen LogP contribution in [-0.2, 0) is 0 Å². The fourth-order valence-corrected chi connectivity index (χ4v) is 7.99. The van der Waals surface area contributed by atoms with E-state index in [0.717, 1.165) is 83.7 Å². The van der Waals surface area contributed by atoms with Crippen LogP contribution in [0.2, 0.25) is 0 Å². The van der Waals surface area contributed by atoms with E-state index in [9.17, 15) is 0 Å². The molecular formula is C52H36N2O. The summed E-state index contributed by atoms with van der Waals surface area (Å²) in [5.41, 5.74) is 12.5. The maximum absolute atomic E-state index is 6.96. The second kappa shape index (κ2) is 13.9. The molecule has 1 aromatic heterocycles. The summed E-state index contributed by atoms with van der Waals surface area (Å²) >= 11 is 0. The van der Waals surface area contributed by atoms with Crippen molar-refractivity contribution in [3.63, 3.8) is 0 Å². The van der Waals surface area contributed by atoms with Crippen LogP contribution in [0.3, 0.4) is 0 Å². The maximum Gasteiger partial charge on any atom is 0.139 e. The molecule has 0 N–H and O–H groups in total. The van der Waals surface area contributed by atoms with Crippen LogP contribution < -0.4 is 9.80 Å². The van der Waals surface area contributed by atoms with Crippen LogP contribution in [0.25, 0.3) is 55.0 Å². The Morgan fingerprint density at radius 1 is 0.309 bits per heavy atom. The molecule has 1 heterocycles. The van der Waals surface area contributed by atoms with E-state index in [4.69, 9.17) is 4.42 Å². The van der Waals surface area contributed by atoms with Gasteiger partial charge in [-0.1, -0.05) is 164 Å². The highest BCUT2D eigenvalue weighted by atomic mass is 16.3. The van der Waals surface area contributed by atoms with E-state index in [1.165, 1.54) is 5.39 Å². The lowest BCUT2D eigenvalue weighted by Crippen LogP contribution is -2.14. The molecule has 10 aromatic rings. The predicted molar refractivity (Wildman–Crippen MR) is 231 cm³/mol. The van der Waals surface area contributed by atoms with Gasteiger partial charge in [-0.05, 0) is 70.4 Å². The van der Waals surface area contributed by atoms with Gasteiger partial charge in [0, 0.05) is 34.0 Å². The van der Waals surface area contributed by atoms with Crippen LogP contribution in [0.1, 0.15) is 0 Å². The Morgan fingerprint density at radius 3 is 1.42 bits per heavy atom. The number of rotatable bonds is 8. The van der Waals surface area contributed by atoms with Crippen LogP contribution in [0, 0.1) is 0 Å². The first-order valence-electron chi connectivity index (χ1n) is 18.7.